The molecule has 0 unspecified atom stereocenters. The Labute approximate surface area is 76.0 Å². The van der Waals surface area contributed by atoms with Gasteiger partial charge in [0.2, 0.25) is 0 Å². The van der Waals surface area contributed by atoms with Crippen LogP contribution in [-0.4, -0.2) is 21.5 Å². The summed E-state index contributed by atoms with van der Waals surface area (Å²) in [5.41, 5.74) is 0.550. The smallest absolute Gasteiger partial charge is 0.167 e. The Morgan fingerprint density at radius 2 is 2.50 bits per heavy atom. The molecule has 1 aromatic rings. The van der Waals surface area contributed by atoms with E-state index >= 15 is 0 Å². The van der Waals surface area contributed by atoms with Crippen molar-refractivity contribution in [2.24, 2.45) is 0 Å². The average Bonchev–Trinajstić information content (AvgIpc) is 2.48. The number of aromatic nitrogens is 2. The molecule has 0 amide bonds. The molecular formula is C8H12N2OS. The molecule has 0 aliphatic rings. The van der Waals surface area contributed by atoms with Crippen LogP contribution in [0.25, 0.3) is 0 Å². The standard InChI is InChI=1S/C8H12N2OS/c1-6(2)12-5-8-9-3-7(4-11)10-8/h3-4,6H,5H2,1-2H3,(H,9,10). The lowest BCUT2D eigenvalue weighted by Gasteiger charge is -2.00. The summed E-state index contributed by atoms with van der Waals surface area (Å²) < 4.78 is 0. The quantitative estimate of drug-likeness (QED) is 0.726. The number of nitrogens with one attached hydrogen (secondary N) is 1. The van der Waals surface area contributed by atoms with Crippen LogP contribution in [0.1, 0.15) is 30.2 Å². The third kappa shape index (κ3) is 2.70. The van der Waals surface area contributed by atoms with Crippen molar-refractivity contribution in [3.8, 4) is 0 Å². The van der Waals surface area contributed by atoms with E-state index in [0.29, 0.717) is 10.9 Å². The van der Waals surface area contributed by atoms with E-state index in [-0.39, 0.29) is 0 Å². The van der Waals surface area contributed by atoms with Gasteiger partial charge in [0.25, 0.3) is 0 Å². The first-order valence-corrected chi connectivity index (χ1v) is 4.88. The fourth-order valence-electron chi connectivity index (χ4n) is 0.757. The van der Waals surface area contributed by atoms with E-state index in [1.54, 1.807) is 18.0 Å². The van der Waals surface area contributed by atoms with Crippen molar-refractivity contribution in [1.29, 1.82) is 0 Å². The molecule has 1 rings (SSSR count). The number of hydrogen-bond acceptors (Lipinski definition) is 3. The number of aromatic amines is 1. The number of carbonyl (C=O) groups excluding carboxylic acids is 1. The highest BCUT2D eigenvalue weighted by molar-refractivity contribution is 7.99. The van der Waals surface area contributed by atoms with Gasteiger partial charge in [0.05, 0.1) is 17.6 Å². The summed E-state index contributed by atoms with van der Waals surface area (Å²) in [6.07, 6.45) is 2.33. The minimum atomic E-state index is 0.550. The monoisotopic (exact) mass is 184 g/mol. The van der Waals surface area contributed by atoms with Crippen LogP contribution in [0.2, 0.25) is 0 Å². The van der Waals surface area contributed by atoms with Crippen LogP contribution < -0.4 is 0 Å². The highest BCUT2D eigenvalue weighted by Crippen LogP contribution is 2.14. The minimum Gasteiger partial charge on any atom is -0.339 e. The predicted molar refractivity (Wildman–Crippen MR) is 50.4 cm³/mol. The Bertz CT molecular complexity index is 257. The van der Waals surface area contributed by atoms with Crippen LogP contribution in [0.5, 0.6) is 0 Å². The van der Waals surface area contributed by atoms with E-state index in [1.807, 2.05) is 0 Å². The van der Waals surface area contributed by atoms with Crippen molar-refractivity contribution in [3.63, 3.8) is 0 Å². The number of aldehydes is 1. The molecule has 3 nitrogen and oxygen atoms in total. The Kier molecular flexibility index (Phi) is 3.34. The number of imidazole rings is 1. The maximum absolute atomic E-state index is 10.3. The van der Waals surface area contributed by atoms with E-state index in [1.165, 1.54) is 0 Å². The minimum absolute atomic E-state index is 0.550. The second-order valence-electron chi connectivity index (χ2n) is 2.76. The van der Waals surface area contributed by atoms with Gasteiger partial charge in [-0.2, -0.15) is 11.8 Å². The highest BCUT2D eigenvalue weighted by Gasteiger charge is 2.00. The van der Waals surface area contributed by atoms with E-state index in [4.69, 9.17) is 0 Å². The zero-order chi connectivity index (χ0) is 8.97. The first-order chi connectivity index (χ1) is 5.72. The second kappa shape index (κ2) is 4.30. The van der Waals surface area contributed by atoms with Crippen molar-refractivity contribution in [1.82, 2.24) is 9.97 Å². The summed E-state index contributed by atoms with van der Waals surface area (Å²) >= 11 is 1.80. The molecule has 0 aliphatic carbocycles. The largest absolute Gasteiger partial charge is 0.339 e. The Hall–Kier alpha value is -0.770. The molecule has 0 saturated carbocycles. The van der Waals surface area contributed by atoms with E-state index in [0.717, 1.165) is 17.9 Å². The van der Waals surface area contributed by atoms with Crippen LogP contribution in [0.15, 0.2) is 6.20 Å². The van der Waals surface area contributed by atoms with Crippen molar-refractivity contribution in [2.45, 2.75) is 24.9 Å². The van der Waals surface area contributed by atoms with Crippen LogP contribution in [0.3, 0.4) is 0 Å². The number of hydrogen-bond donors (Lipinski definition) is 1. The molecule has 0 bridgehead atoms. The number of carbonyl (C=O) groups is 1. The molecule has 0 atom stereocenters. The number of H-pyrrole nitrogens is 1. The summed E-state index contributed by atoms with van der Waals surface area (Å²) in [5, 5.41) is 0.592. The van der Waals surface area contributed by atoms with E-state index in [2.05, 4.69) is 23.8 Å². The predicted octanol–water partition coefficient (Wildman–Crippen LogP) is 1.86. The Morgan fingerprint density at radius 1 is 1.75 bits per heavy atom. The van der Waals surface area contributed by atoms with Crippen LogP contribution in [0.4, 0.5) is 0 Å². The topological polar surface area (TPSA) is 45.8 Å². The number of nitrogens with zero attached hydrogens (tertiary/aromatic N) is 1. The molecule has 1 N–H and O–H groups in total. The van der Waals surface area contributed by atoms with Gasteiger partial charge in [-0.05, 0) is 5.25 Å². The van der Waals surface area contributed by atoms with Crippen LogP contribution in [-0.2, 0) is 5.75 Å². The first kappa shape index (κ1) is 9.32. The van der Waals surface area contributed by atoms with Gasteiger partial charge >= 0.3 is 0 Å². The van der Waals surface area contributed by atoms with Crippen molar-refractivity contribution in [2.75, 3.05) is 0 Å². The van der Waals surface area contributed by atoms with Gasteiger partial charge < -0.3 is 4.98 Å². The van der Waals surface area contributed by atoms with Gasteiger partial charge in [-0.15, -0.1) is 0 Å². The molecule has 0 fully saturated rings. The summed E-state index contributed by atoms with van der Waals surface area (Å²) in [7, 11) is 0. The van der Waals surface area contributed by atoms with Gasteiger partial charge in [-0.1, -0.05) is 13.8 Å². The first-order valence-electron chi connectivity index (χ1n) is 3.83. The second-order valence-corrected chi connectivity index (χ2v) is 4.33. The maximum atomic E-state index is 10.3. The normalized spacial score (nSPS) is 10.6. The Morgan fingerprint density at radius 3 is 3.00 bits per heavy atom. The number of rotatable bonds is 4. The summed E-state index contributed by atoms with van der Waals surface area (Å²) in [4.78, 5) is 17.2. The molecular weight excluding hydrogens is 172 g/mol. The molecule has 0 aliphatic heterocycles. The van der Waals surface area contributed by atoms with Crippen molar-refractivity contribution in [3.05, 3.63) is 17.7 Å². The molecule has 66 valence electrons. The molecule has 0 saturated heterocycles. The van der Waals surface area contributed by atoms with Crippen molar-refractivity contribution < 1.29 is 4.79 Å². The third-order valence-electron chi connectivity index (χ3n) is 1.33. The van der Waals surface area contributed by atoms with Crippen LogP contribution >= 0.6 is 11.8 Å². The van der Waals surface area contributed by atoms with Gasteiger partial charge in [0, 0.05) is 0 Å². The molecule has 0 spiro atoms. The SMILES string of the molecule is CC(C)SCc1ncc(C=O)[nH]1. The molecule has 0 radical (unpaired) electrons. The van der Waals surface area contributed by atoms with Gasteiger partial charge in [-0.25, -0.2) is 4.98 Å². The van der Waals surface area contributed by atoms with Crippen LogP contribution in [0, 0.1) is 0 Å². The number of thioether (sulfide) groups is 1. The van der Waals surface area contributed by atoms with E-state index < -0.39 is 0 Å². The van der Waals surface area contributed by atoms with Gasteiger partial charge in [0.1, 0.15) is 5.82 Å². The average molecular weight is 184 g/mol. The molecule has 1 heterocycles. The third-order valence-corrected chi connectivity index (χ3v) is 2.44. The molecule has 1 aromatic heterocycles. The summed E-state index contributed by atoms with van der Waals surface area (Å²) in [6, 6.07) is 0. The lowest BCUT2D eigenvalue weighted by molar-refractivity contribution is 0.111. The fourth-order valence-corrected chi connectivity index (χ4v) is 1.40. The lowest BCUT2D eigenvalue weighted by Crippen LogP contribution is -1.90. The molecule has 12 heavy (non-hydrogen) atoms. The zero-order valence-corrected chi connectivity index (χ0v) is 8.02. The highest BCUT2D eigenvalue weighted by atomic mass is 32.2. The summed E-state index contributed by atoms with van der Waals surface area (Å²) in [5.74, 6) is 1.71. The Balaban J connectivity index is 2.47. The fraction of sp³-hybridized carbons (Fsp3) is 0.500. The summed E-state index contributed by atoms with van der Waals surface area (Å²) in [6.45, 7) is 4.27. The van der Waals surface area contributed by atoms with Gasteiger partial charge in [-0.3, -0.25) is 4.79 Å². The lowest BCUT2D eigenvalue weighted by atomic mass is 10.5. The zero-order valence-electron chi connectivity index (χ0n) is 7.20. The maximum Gasteiger partial charge on any atom is 0.167 e. The van der Waals surface area contributed by atoms with Crippen molar-refractivity contribution >= 4 is 18.0 Å². The molecule has 0 aromatic carbocycles. The van der Waals surface area contributed by atoms with E-state index in [9.17, 15) is 4.79 Å². The van der Waals surface area contributed by atoms with Gasteiger partial charge in [0.15, 0.2) is 6.29 Å². The molecule has 4 heteroatoms.